The van der Waals surface area contributed by atoms with Gasteiger partial charge in [-0.2, -0.15) is 5.26 Å². The summed E-state index contributed by atoms with van der Waals surface area (Å²) in [4.78, 5) is 2.40. The Morgan fingerprint density at radius 3 is 2.67 bits per heavy atom. The molecule has 1 unspecified atom stereocenters. The summed E-state index contributed by atoms with van der Waals surface area (Å²) in [6, 6.07) is 10.5. The SMILES string of the molecule is Cc1ccc(C(C)Nc2ccc(C#N)cc2F)s1. The van der Waals surface area contributed by atoms with Crippen LogP contribution in [0.25, 0.3) is 0 Å². The Labute approximate surface area is 110 Å². The van der Waals surface area contributed by atoms with Gasteiger partial charge in [0, 0.05) is 9.75 Å². The highest BCUT2D eigenvalue weighted by Crippen LogP contribution is 2.27. The average Bonchev–Trinajstić information content (AvgIpc) is 2.78. The molecule has 0 aliphatic heterocycles. The normalized spacial score (nSPS) is 11.9. The Kier molecular flexibility index (Phi) is 3.63. The van der Waals surface area contributed by atoms with Crippen molar-refractivity contribution in [2.75, 3.05) is 5.32 Å². The molecule has 2 nitrogen and oxygen atoms in total. The number of anilines is 1. The molecular formula is C14H13FN2S. The van der Waals surface area contributed by atoms with Crippen LogP contribution in [0, 0.1) is 24.1 Å². The van der Waals surface area contributed by atoms with E-state index in [0.717, 1.165) is 4.88 Å². The van der Waals surface area contributed by atoms with Gasteiger partial charge < -0.3 is 5.32 Å². The van der Waals surface area contributed by atoms with Crippen molar-refractivity contribution in [2.45, 2.75) is 19.9 Å². The van der Waals surface area contributed by atoms with Crippen LogP contribution in [-0.2, 0) is 0 Å². The van der Waals surface area contributed by atoms with Gasteiger partial charge in [0.05, 0.1) is 23.4 Å². The lowest BCUT2D eigenvalue weighted by Crippen LogP contribution is -2.06. The van der Waals surface area contributed by atoms with E-state index >= 15 is 0 Å². The molecule has 2 rings (SSSR count). The summed E-state index contributed by atoms with van der Waals surface area (Å²) in [7, 11) is 0. The molecule has 0 aliphatic rings. The smallest absolute Gasteiger partial charge is 0.147 e. The zero-order valence-corrected chi connectivity index (χ0v) is 11.0. The quantitative estimate of drug-likeness (QED) is 0.896. The highest BCUT2D eigenvalue weighted by Gasteiger charge is 2.10. The summed E-state index contributed by atoms with van der Waals surface area (Å²) in [5.41, 5.74) is 0.755. The first-order valence-electron chi connectivity index (χ1n) is 5.62. The zero-order chi connectivity index (χ0) is 13.1. The predicted octanol–water partition coefficient (Wildman–Crippen LogP) is 4.24. The zero-order valence-electron chi connectivity index (χ0n) is 10.2. The number of aryl methyl sites for hydroxylation is 1. The van der Waals surface area contributed by atoms with Gasteiger partial charge in [-0.05, 0) is 44.2 Å². The van der Waals surface area contributed by atoms with E-state index in [1.165, 1.54) is 10.9 Å². The highest BCUT2D eigenvalue weighted by molar-refractivity contribution is 7.12. The van der Waals surface area contributed by atoms with Crippen molar-refractivity contribution in [3.05, 3.63) is 51.5 Å². The molecule has 1 aromatic heterocycles. The Hall–Kier alpha value is -1.86. The van der Waals surface area contributed by atoms with Crippen molar-refractivity contribution in [2.24, 2.45) is 0 Å². The van der Waals surface area contributed by atoms with Gasteiger partial charge in [0.2, 0.25) is 0 Å². The lowest BCUT2D eigenvalue weighted by molar-refractivity contribution is 0.627. The highest BCUT2D eigenvalue weighted by atomic mass is 32.1. The number of nitriles is 1. The molecule has 92 valence electrons. The van der Waals surface area contributed by atoms with Crippen molar-refractivity contribution >= 4 is 17.0 Å². The number of halogens is 1. The van der Waals surface area contributed by atoms with E-state index in [9.17, 15) is 4.39 Å². The first kappa shape index (κ1) is 12.6. The van der Waals surface area contributed by atoms with Gasteiger partial charge in [-0.1, -0.05) is 0 Å². The maximum Gasteiger partial charge on any atom is 0.147 e. The molecule has 0 aliphatic carbocycles. The second-order valence-corrected chi connectivity index (χ2v) is 5.44. The Morgan fingerprint density at radius 2 is 2.11 bits per heavy atom. The molecule has 0 spiro atoms. The monoisotopic (exact) mass is 260 g/mol. The van der Waals surface area contributed by atoms with E-state index in [0.29, 0.717) is 11.3 Å². The van der Waals surface area contributed by atoms with Crippen molar-refractivity contribution in [3.63, 3.8) is 0 Å². The van der Waals surface area contributed by atoms with Crippen LogP contribution in [-0.4, -0.2) is 0 Å². The minimum absolute atomic E-state index is 0.0473. The molecule has 4 heteroatoms. The fourth-order valence-corrected chi connectivity index (χ4v) is 2.57. The lowest BCUT2D eigenvalue weighted by atomic mass is 10.2. The minimum Gasteiger partial charge on any atom is -0.375 e. The van der Waals surface area contributed by atoms with E-state index in [2.05, 4.69) is 5.32 Å². The van der Waals surface area contributed by atoms with Gasteiger partial charge in [0.25, 0.3) is 0 Å². The van der Waals surface area contributed by atoms with Crippen LogP contribution in [0.3, 0.4) is 0 Å². The maximum atomic E-state index is 13.7. The molecule has 0 fully saturated rings. The summed E-state index contributed by atoms with van der Waals surface area (Å²) >= 11 is 1.69. The fraction of sp³-hybridized carbons (Fsp3) is 0.214. The second-order valence-electron chi connectivity index (χ2n) is 4.12. The largest absolute Gasteiger partial charge is 0.375 e. The first-order chi connectivity index (χ1) is 8.60. The molecule has 0 radical (unpaired) electrons. The summed E-state index contributed by atoms with van der Waals surface area (Å²) in [6.45, 7) is 4.03. The van der Waals surface area contributed by atoms with Crippen molar-refractivity contribution in [1.29, 1.82) is 5.26 Å². The topological polar surface area (TPSA) is 35.8 Å². The summed E-state index contributed by atoms with van der Waals surface area (Å²) in [6.07, 6.45) is 0. The second kappa shape index (κ2) is 5.19. The summed E-state index contributed by atoms with van der Waals surface area (Å²) in [5, 5.41) is 11.8. The third-order valence-corrected chi connectivity index (χ3v) is 3.84. The third kappa shape index (κ3) is 2.69. The van der Waals surface area contributed by atoms with Gasteiger partial charge in [0.15, 0.2) is 0 Å². The van der Waals surface area contributed by atoms with Crippen LogP contribution in [0.5, 0.6) is 0 Å². The molecule has 1 heterocycles. The molecule has 1 aromatic carbocycles. The van der Waals surface area contributed by atoms with E-state index in [-0.39, 0.29) is 6.04 Å². The van der Waals surface area contributed by atoms with Gasteiger partial charge in [0.1, 0.15) is 5.82 Å². The van der Waals surface area contributed by atoms with E-state index < -0.39 is 5.82 Å². The molecular weight excluding hydrogens is 247 g/mol. The number of rotatable bonds is 3. The molecule has 1 N–H and O–H groups in total. The Bertz CT molecular complexity index is 598. The van der Waals surface area contributed by atoms with Crippen LogP contribution in [0.2, 0.25) is 0 Å². The number of nitrogens with one attached hydrogen (secondary N) is 1. The first-order valence-corrected chi connectivity index (χ1v) is 6.44. The molecule has 0 saturated heterocycles. The van der Waals surface area contributed by atoms with Gasteiger partial charge in [-0.25, -0.2) is 4.39 Å². The molecule has 0 bridgehead atoms. The van der Waals surface area contributed by atoms with Crippen LogP contribution in [0.1, 0.15) is 28.3 Å². The summed E-state index contributed by atoms with van der Waals surface area (Å²) < 4.78 is 13.7. The van der Waals surface area contributed by atoms with E-state index in [1.807, 2.05) is 32.0 Å². The van der Waals surface area contributed by atoms with Gasteiger partial charge in [-0.3, -0.25) is 0 Å². The van der Waals surface area contributed by atoms with Crippen molar-refractivity contribution < 1.29 is 4.39 Å². The summed E-state index contributed by atoms with van der Waals surface area (Å²) in [5.74, 6) is -0.394. The fourth-order valence-electron chi connectivity index (χ4n) is 1.69. The average molecular weight is 260 g/mol. The van der Waals surface area contributed by atoms with Crippen molar-refractivity contribution in [1.82, 2.24) is 0 Å². The lowest BCUT2D eigenvalue weighted by Gasteiger charge is -2.14. The maximum absolute atomic E-state index is 13.7. The molecule has 1 atom stereocenters. The molecule has 0 saturated carbocycles. The number of thiophene rings is 1. The van der Waals surface area contributed by atoms with Crippen molar-refractivity contribution in [3.8, 4) is 6.07 Å². The van der Waals surface area contributed by atoms with Gasteiger partial charge >= 0.3 is 0 Å². The number of benzene rings is 1. The van der Waals surface area contributed by atoms with Crippen LogP contribution in [0.4, 0.5) is 10.1 Å². The molecule has 18 heavy (non-hydrogen) atoms. The van der Waals surface area contributed by atoms with E-state index in [1.54, 1.807) is 23.5 Å². The van der Waals surface area contributed by atoms with Gasteiger partial charge in [-0.15, -0.1) is 11.3 Å². The standard InChI is InChI=1S/C14H13FN2S/c1-9-3-6-14(18-9)10(2)17-13-5-4-11(8-16)7-12(13)15/h3-7,10,17H,1-2H3. The minimum atomic E-state index is -0.394. The molecule has 2 aromatic rings. The van der Waals surface area contributed by atoms with Crippen LogP contribution in [0.15, 0.2) is 30.3 Å². The Balaban J connectivity index is 2.17. The molecule has 0 amide bonds. The predicted molar refractivity (Wildman–Crippen MR) is 72.2 cm³/mol. The van der Waals surface area contributed by atoms with E-state index in [4.69, 9.17) is 5.26 Å². The van der Waals surface area contributed by atoms with Crippen LogP contribution < -0.4 is 5.32 Å². The number of nitrogens with zero attached hydrogens (tertiary/aromatic N) is 1. The number of hydrogen-bond donors (Lipinski definition) is 1. The third-order valence-electron chi connectivity index (χ3n) is 2.66. The Morgan fingerprint density at radius 1 is 1.33 bits per heavy atom. The van der Waals surface area contributed by atoms with Crippen LogP contribution >= 0.6 is 11.3 Å². The number of hydrogen-bond acceptors (Lipinski definition) is 3.